The van der Waals surface area contributed by atoms with Gasteiger partial charge >= 0.3 is 5.97 Å². The molecule has 0 amide bonds. The predicted octanol–water partition coefficient (Wildman–Crippen LogP) is 1.80. The van der Waals surface area contributed by atoms with Gasteiger partial charge in [-0.3, -0.25) is 14.2 Å². The molecule has 19 heavy (non-hydrogen) atoms. The predicted molar refractivity (Wildman–Crippen MR) is 73.9 cm³/mol. The van der Waals surface area contributed by atoms with Crippen molar-refractivity contribution in [1.82, 2.24) is 4.57 Å². The van der Waals surface area contributed by atoms with E-state index in [1.165, 1.54) is 0 Å². The molecule has 2 rings (SSSR count). The summed E-state index contributed by atoms with van der Waals surface area (Å²) in [5.41, 5.74) is 1.55. The molecule has 0 aromatic carbocycles. The van der Waals surface area contributed by atoms with E-state index in [1.54, 1.807) is 10.6 Å². The van der Waals surface area contributed by atoms with E-state index in [9.17, 15) is 9.59 Å². The zero-order chi connectivity index (χ0) is 14.0. The fourth-order valence-corrected chi connectivity index (χ4v) is 2.59. The van der Waals surface area contributed by atoms with Gasteiger partial charge in [-0.15, -0.1) is 0 Å². The van der Waals surface area contributed by atoms with Gasteiger partial charge in [-0.05, 0) is 24.3 Å². The molecule has 0 saturated carbocycles. The standard InChI is InChI=1S/C14H20N2O3/c1-9(2)10-7-12(17)16-6-4-3-5-15-14(16)11(10)8-13(18)19/h7,9,15H,3-6,8H2,1-2H3,(H,18,19). The summed E-state index contributed by atoms with van der Waals surface area (Å²) in [5.74, 6) is -0.0245. The minimum atomic E-state index is -0.866. The van der Waals surface area contributed by atoms with Gasteiger partial charge in [-0.25, -0.2) is 0 Å². The zero-order valence-electron chi connectivity index (χ0n) is 11.4. The van der Waals surface area contributed by atoms with Crippen LogP contribution in [0, 0.1) is 0 Å². The lowest BCUT2D eigenvalue weighted by atomic mass is 9.96. The van der Waals surface area contributed by atoms with Gasteiger partial charge < -0.3 is 10.4 Å². The van der Waals surface area contributed by atoms with Crippen LogP contribution < -0.4 is 10.9 Å². The monoisotopic (exact) mass is 264 g/mol. The molecule has 2 heterocycles. The molecule has 1 aliphatic heterocycles. The van der Waals surface area contributed by atoms with Gasteiger partial charge in [-0.2, -0.15) is 0 Å². The number of hydrogen-bond donors (Lipinski definition) is 2. The Morgan fingerprint density at radius 1 is 1.47 bits per heavy atom. The van der Waals surface area contributed by atoms with Gasteiger partial charge in [-0.1, -0.05) is 13.8 Å². The van der Waals surface area contributed by atoms with Gasteiger partial charge in [0.2, 0.25) is 0 Å². The molecule has 2 N–H and O–H groups in total. The molecule has 0 bridgehead atoms. The summed E-state index contributed by atoms with van der Waals surface area (Å²) < 4.78 is 1.68. The highest BCUT2D eigenvalue weighted by atomic mass is 16.4. The Balaban J connectivity index is 2.64. The number of rotatable bonds is 3. The number of anilines is 1. The molecule has 1 aromatic rings. The van der Waals surface area contributed by atoms with Crippen LogP contribution in [-0.4, -0.2) is 22.2 Å². The Kier molecular flexibility index (Phi) is 3.93. The first-order valence-electron chi connectivity index (χ1n) is 6.73. The number of nitrogens with one attached hydrogen (secondary N) is 1. The normalized spacial score (nSPS) is 14.7. The van der Waals surface area contributed by atoms with E-state index in [0.29, 0.717) is 12.4 Å². The summed E-state index contributed by atoms with van der Waals surface area (Å²) in [6.07, 6.45) is 1.88. The summed E-state index contributed by atoms with van der Waals surface area (Å²) in [7, 11) is 0. The van der Waals surface area contributed by atoms with Crippen LogP contribution in [0.2, 0.25) is 0 Å². The topological polar surface area (TPSA) is 71.3 Å². The molecular formula is C14H20N2O3. The van der Waals surface area contributed by atoms with Crippen molar-refractivity contribution >= 4 is 11.8 Å². The van der Waals surface area contributed by atoms with Crippen molar-refractivity contribution in [3.63, 3.8) is 0 Å². The maximum absolute atomic E-state index is 12.2. The summed E-state index contributed by atoms with van der Waals surface area (Å²) in [6.45, 7) is 5.40. The third kappa shape index (κ3) is 2.80. The fourth-order valence-electron chi connectivity index (χ4n) is 2.59. The van der Waals surface area contributed by atoms with Crippen molar-refractivity contribution in [2.45, 2.75) is 45.6 Å². The van der Waals surface area contributed by atoms with Crippen LogP contribution >= 0.6 is 0 Å². The molecule has 0 atom stereocenters. The van der Waals surface area contributed by atoms with E-state index in [0.717, 1.165) is 30.5 Å². The average molecular weight is 264 g/mol. The molecule has 104 valence electrons. The molecule has 0 aliphatic carbocycles. The molecule has 0 unspecified atom stereocenters. The van der Waals surface area contributed by atoms with Crippen LogP contribution in [0.25, 0.3) is 0 Å². The summed E-state index contributed by atoms with van der Waals surface area (Å²) in [6, 6.07) is 1.60. The van der Waals surface area contributed by atoms with Crippen LogP contribution in [0.4, 0.5) is 5.82 Å². The van der Waals surface area contributed by atoms with Crippen molar-refractivity contribution in [1.29, 1.82) is 0 Å². The number of fused-ring (bicyclic) bond motifs is 1. The second-order valence-electron chi connectivity index (χ2n) is 5.28. The molecule has 0 spiro atoms. The third-order valence-corrected chi connectivity index (χ3v) is 3.50. The second kappa shape index (κ2) is 5.47. The molecule has 5 heteroatoms. The number of pyridine rings is 1. The Hall–Kier alpha value is -1.78. The lowest BCUT2D eigenvalue weighted by Crippen LogP contribution is -2.25. The summed E-state index contributed by atoms with van der Waals surface area (Å²) in [4.78, 5) is 23.2. The van der Waals surface area contributed by atoms with E-state index in [2.05, 4.69) is 5.32 Å². The third-order valence-electron chi connectivity index (χ3n) is 3.50. The van der Waals surface area contributed by atoms with Crippen molar-refractivity contribution in [2.24, 2.45) is 0 Å². The van der Waals surface area contributed by atoms with E-state index in [1.807, 2.05) is 13.8 Å². The van der Waals surface area contributed by atoms with Crippen LogP contribution in [0.5, 0.6) is 0 Å². The Morgan fingerprint density at radius 3 is 2.84 bits per heavy atom. The Bertz CT molecular complexity index is 546. The fraction of sp³-hybridized carbons (Fsp3) is 0.571. The minimum absolute atomic E-state index is 0.0396. The highest BCUT2D eigenvalue weighted by Crippen LogP contribution is 2.26. The maximum atomic E-state index is 12.2. The lowest BCUT2D eigenvalue weighted by molar-refractivity contribution is -0.136. The molecule has 0 fully saturated rings. The average Bonchev–Trinajstić information content (AvgIpc) is 2.57. The van der Waals surface area contributed by atoms with Gasteiger partial charge in [0.25, 0.3) is 5.56 Å². The number of nitrogens with zero attached hydrogens (tertiary/aromatic N) is 1. The van der Waals surface area contributed by atoms with Crippen LogP contribution in [0.15, 0.2) is 10.9 Å². The van der Waals surface area contributed by atoms with Crippen LogP contribution in [0.3, 0.4) is 0 Å². The second-order valence-corrected chi connectivity index (χ2v) is 5.28. The van der Waals surface area contributed by atoms with Gasteiger partial charge in [0.05, 0.1) is 6.42 Å². The van der Waals surface area contributed by atoms with Crippen molar-refractivity contribution in [3.05, 3.63) is 27.5 Å². The summed E-state index contributed by atoms with van der Waals surface area (Å²) >= 11 is 0. The van der Waals surface area contributed by atoms with Crippen molar-refractivity contribution < 1.29 is 9.90 Å². The molecule has 5 nitrogen and oxygen atoms in total. The van der Waals surface area contributed by atoms with Gasteiger partial charge in [0, 0.05) is 24.7 Å². The van der Waals surface area contributed by atoms with E-state index in [-0.39, 0.29) is 17.9 Å². The number of aliphatic carboxylic acids is 1. The molecule has 0 saturated heterocycles. The van der Waals surface area contributed by atoms with Gasteiger partial charge in [0.1, 0.15) is 5.82 Å². The largest absolute Gasteiger partial charge is 0.481 e. The number of carbonyl (C=O) groups is 1. The smallest absolute Gasteiger partial charge is 0.307 e. The maximum Gasteiger partial charge on any atom is 0.307 e. The first-order chi connectivity index (χ1) is 9.00. The Morgan fingerprint density at radius 2 is 2.21 bits per heavy atom. The van der Waals surface area contributed by atoms with Gasteiger partial charge in [0.15, 0.2) is 0 Å². The van der Waals surface area contributed by atoms with E-state index >= 15 is 0 Å². The quantitative estimate of drug-likeness (QED) is 0.873. The minimum Gasteiger partial charge on any atom is -0.481 e. The molecular weight excluding hydrogens is 244 g/mol. The highest BCUT2D eigenvalue weighted by molar-refractivity contribution is 5.73. The molecule has 1 aliphatic rings. The van der Waals surface area contributed by atoms with Crippen molar-refractivity contribution in [3.8, 4) is 0 Å². The highest BCUT2D eigenvalue weighted by Gasteiger charge is 2.20. The SMILES string of the molecule is CC(C)c1cc(=O)n2c(c1CC(=O)O)NCCCC2. The first-order valence-corrected chi connectivity index (χ1v) is 6.73. The first kappa shape index (κ1) is 13.6. The van der Waals surface area contributed by atoms with Crippen LogP contribution in [-0.2, 0) is 17.8 Å². The van der Waals surface area contributed by atoms with Crippen molar-refractivity contribution in [2.75, 3.05) is 11.9 Å². The number of hydrogen-bond acceptors (Lipinski definition) is 3. The zero-order valence-corrected chi connectivity index (χ0v) is 11.4. The number of aromatic nitrogens is 1. The number of carboxylic acid groups (broad SMARTS) is 1. The van der Waals surface area contributed by atoms with E-state index in [4.69, 9.17) is 5.11 Å². The molecule has 0 radical (unpaired) electrons. The molecule has 1 aromatic heterocycles. The van der Waals surface area contributed by atoms with E-state index < -0.39 is 5.97 Å². The van der Waals surface area contributed by atoms with Crippen LogP contribution in [0.1, 0.15) is 43.7 Å². The number of carboxylic acids is 1. The Labute approximate surface area is 112 Å². The lowest BCUT2D eigenvalue weighted by Gasteiger charge is -2.20. The summed E-state index contributed by atoms with van der Waals surface area (Å²) in [5, 5.41) is 12.3.